The molecule has 0 aliphatic carbocycles. The molecule has 0 radical (unpaired) electrons. The Morgan fingerprint density at radius 3 is 2.88 bits per heavy atom. The largest absolute Gasteiger partial charge is 0.364 e. The molecule has 2 atom stereocenters. The molecule has 17 heavy (non-hydrogen) atoms. The summed E-state index contributed by atoms with van der Waals surface area (Å²) in [7, 11) is 0. The van der Waals surface area contributed by atoms with Gasteiger partial charge in [-0.15, -0.1) is 5.06 Å². The molecule has 3 rings (SSSR count). The number of hydroxylamine groups is 2. The molecule has 1 aromatic carbocycles. The molecule has 90 valence electrons. The molecule has 4 nitrogen and oxygen atoms in total. The third kappa shape index (κ3) is 2.33. The van der Waals surface area contributed by atoms with Gasteiger partial charge in [0.1, 0.15) is 0 Å². The van der Waals surface area contributed by atoms with E-state index in [2.05, 4.69) is 5.32 Å². The molecule has 2 heterocycles. The van der Waals surface area contributed by atoms with Gasteiger partial charge in [-0.2, -0.15) is 0 Å². The Balaban J connectivity index is 1.62. The lowest BCUT2D eigenvalue weighted by atomic mass is 10.0. The van der Waals surface area contributed by atoms with Crippen LogP contribution in [-0.2, 0) is 4.84 Å². The summed E-state index contributed by atoms with van der Waals surface area (Å²) < 4.78 is 0. The van der Waals surface area contributed by atoms with Gasteiger partial charge in [0, 0.05) is 12.6 Å². The Morgan fingerprint density at radius 1 is 1.29 bits per heavy atom. The van der Waals surface area contributed by atoms with Crippen LogP contribution in [0.25, 0.3) is 0 Å². The average molecular weight is 232 g/mol. The first-order valence-corrected chi connectivity index (χ1v) is 6.07. The van der Waals surface area contributed by atoms with Crippen LogP contribution in [0.3, 0.4) is 0 Å². The molecule has 2 fully saturated rings. The Labute approximate surface area is 101 Å². The topological polar surface area (TPSA) is 41.6 Å². The summed E-state index contributed by atoms with van der Waals surface area (Å²) in [4.78, 5) is 17.3. The third-order valence-corrected chi connectivity index (χ3v) is 3.42. The van der Waals surface area contributed by atoms with Crippen molar-refractivity contribution in [3.05, 3.63) is 35.9 Å². The number of nitrogens with zero attached hydrogens (tertiary/aromatic N) is 1. The van der Waals surface area contributed by atoms with Gasteiger partial charge in [0.25, 0.3) is 0 Å². The minimum Gasteiger partial charge on any atom is -0.364 e. The van der Waals surface area contributed by atoms with E-state index in [0.29, 0.717) is 17.5 Å². The lowest BCUT2D eigenvalue weighted by molar-refractivity contribution is -0.127. The number of piperidine rings is 1. The predicted octanol–water partition coefficient (Wildman–Crippen LogP) is 1.05. The highest BCUT2D eigenvalue weighted by Gasteiger charge is 2.34. The van der Waals surface area contributed by atoms with E-state index < -0.39 is 0 Å². The standard InChI is InChI=1S/C13H16N2O2/c16-13(11-4-2-1-3-5-11)17-15-8-10-6-12(9-15)14-7-10/h1-5,10,12,14H,6-9H2. The van der Waals surface area contributed by atoms with Gasteiger partial charge in [-0.1, -0.05) is 18.2 Å². The van der Waals surface area contributed by atoms with E-state index >= 15 is 0 Å². The van der Waals surface area contributed by atoms with E-state index in [4.69, 9.17) is 4.84 Å². The molecular formula is C13H16N2O2. The number of benzene rings is 1. The number of fused-ring (bicyclic) bond motifs is 2. The number of carbonyl (C=O) groups is 1. The van der Waals surface area contributed by atoms with E-state index in [1.54, 1.807) is 17.2 Å². The van der Waals surface area contributed by atoms with Gasteiger partial charge in [0.05, 0.1) is 12.1 Å². The van der Waals surface area contributed by atoms with Crippen LogP contribution >= 0.6 is 0 Å². The van der Waals surface area contributed by atoms with Crippen molar-refractivity contribution in [2.45, 2.75) is 12.5 Å². The first-order chi connectivity index (χ1) is 8.31. The van der Waals surface area contributed by atoms with E-state index in [-0.39, 0.29) is 5.97 Å². The Kier molecular flexibility index (Phi) is 2.82. The number of nitrogens with one attached hydrogen (secondary N) is 1. The molecule has 2 aliphatic heterocycles. The smallest absolute Gasteiger partial charge is 0.357 e. The first kappa shape index (κ1) is 10.7. The maximum Gasteiger partial charge on any atom is 0.357 e. The maximum absolute atomic E-state index is 11.9. The molecule has 2 aliphatic rings. The number of carbonyl (C=O) groups excluding carboxylic acids is 1. The summed E-state index contributed by atoms with van der Waals surface area (Å²) in [5.41, 5.74) is 0.610. The summed E-state index contributed by atoms with van der Waals surface area (Å²) in [5.74, 6) is 0.365. The van der Waals surface area contributed by atoms with Crippen LogP contribution in [0.4, 0.5) is 0 Å². The summed E-state index contributed by atoms with van der Waals surface area (Å²) in [6.45, 7) is 2.70. The van der Waals surface area contributed by atoms with Gasteiger partial charge in [0.15, 0.2) is 0 Å². The van der Waals surface area contributed by atoms with Crippen molar-refractivity contribution in [3.63, 3.8) is 0 Å². The van der Waals surface area contributed by atoms with Crippen LogP contribution in [0.15, 0.2) is 30.3 Å². The van der Waals surface area contributed by atoms with E-state index in [0.717, 1.165) is 19.6 Å². The van der Waals surface area contributed by atoms with Gasteiger partial charge in [-0.25, -0.2) is 4.79 Å². The third-order valence-electron chi connectivity index (χ3n) is 3.42. The van der Waals surface area contributed by atoms with Gasteiger partial charge in [-0.05, 0) is 31.0 Å². The molecule has 4 heteroatoms. The second-order valence-electron chi connectivity index (χ2n) is 4.80. The fraction of sp³-hybridized carbons (Fsp3) is 0.462. The van der Waals surface area contributed by atoms with Gasteiger partial charge in [-0.3, -0.25) is 0 Å². The van der Waals surface area contributed by atoms with Crippen LogP contribution in [0.2, 0.25) is 0 Å². The minimum atomic E-state index is -0.257. The summed E-state index contributed by atoms with van der Waals surface area (Å²) in [6, 6.07) is 9.62. The molecule has 1 N–H and O–H groups in total. The zero-order valence-electron chi connectivity index (χ0n) is 9.63. The molecular weight excluding hydrogens is 216 g/mol. The minimum absolute atomic E-state index is 0.257. The van der Waals surface area contributed by atoms with Crippen molar-refractivity contribution < 1.29 is 9.63 Å². The quantitative estimate of drug-likeness (QED) is 0.827. The van der Waals surface area contributed by atoms with Crippen molar-refractivity contribution in [2.24, 2.45) is 5.92 Å². The second kappa shape index (κ2) is 4.47. The van der Waals surface area contributed by atoms with Crippen LogP contribution in [-0.4, -0.2) is 36.7 Å². The fourth-order valence-corrected chi connectivity index (χ4v) is 2.61. The maximum atomic E-state index is 11.9. The molecule has 0 amide bonds. The lowest BCUT2D eigenvalue weighted by Crippen LogP contribution is -2.42. The molecule has 2 bridgehead atoms. The highest BCUT2D eigenvalue weighted by molar-refractivity contribution is 5.89. The van der Waals surface area contributed by atoms with Gasteiger partial charge < -0.3 is 10.2 Å². The molecule has 0 aromatic heterocycles. The van der Waals surface area contributed by atoms with Crippen LogP contribution in [0, 0.1) is 5.92 Å². The van der Waals surface area contributed by atoms with Crippen molar-refractivity contribution >= 4 is 5.97 Å². The first-order valence-electron chi connectivity index (χ1n) is 6.07. The number of hydrogen-bond donors (Lipinski definition) is 1. The van der Waals surface area contributed by atoms with Crippen molar-refractivity contribution in [1.82, 2.24) is 10.4 Å². The summed E-state index contributed by atoms with van der Waals surface area (Å²) in [6.07, 6.45) is 1.21. The number of rotatable bonds is 2. The van der Waals surface area contributed by atoms with E-state index in [1.807, 2.05) is 18.2 Å². The van der Waals surface area contributed by atoms with Gasteiger partial charge in [0.2, 0.25) is 0 Å². The number of hydrogen-bond acceptors (Lipinski definition) is 4. The molecule has 1 aromatic rings. The van der Waals surface area contributed by atoms with Crippen LogP contribution in [0.5, 0.6) is 0 Å². The predicted molar refractivity (Wildman–Crippen MR) is 63.3 cm³/mol. The van der Waals surface area contributed by atoms with Crippen molar-refractivity contribution in [1.29, 1.82) is 0 Å². The van der Waals surface area contributed by atoms with E-state index in [9.17, 15) is 4.79 Å². The van der Waals surface area contributed by atoms with Gasteiger partial charge >= 0.3 is 5.97 Å². The monoisotopic (exact) mass is 232 g/mol. The molecule has 0 saturated carbocycles. The zero-order valence-corrected chi connectivity index (χ0v) is 9.63. The van der Waals surface area contributed by atoms with Crippen LogP contribution in [0.1, 0.15) is 16.8 Å². The van der Waals surface area contributed by atoms with Crippen LogP contribution < -0.4 is 5.32 Å². The molecule has 2 saturated heterocycles. The Hall–Kier alpha value is -1.39. The fourth-order valence-electron chi connectivity index (χ4n) is 2.61. The van der Waals surface area contributed by atoms with E-state index in [1.165, 1.54) is 6.42 Å². The molecule has 2 unspecified atom stereocenters. The highest BCUT2D eigenvalue weighted by atomic mass is 16.7. The van der Waals surface area contributed by atoms with Crippen molar-refractivity contribution in [3.8, 4) is 0 Å². The average Bonchev–Trinajstić information content (AvgIpc) is 2.70. The Bertz CT molecular complexity index is 395. The Morgan fingerprint density at radius 2 is 2.12 bits per heavy atom. The second-order valence-corrected chi connectivity index (χ2v) is 4.80. The normalized spacial score (nSPS) is 28.0. The summed E-state index contributed by atoms with van der Waals surface area (Å²) in [5, 5.41) is 5.23. The summed E-state index contributed by atoms with van der Waals surface area (Å²) >= 11 is 0. The van der Waals surface area contributed by atoms with Crippen molar-refractivity contribution in [2.75, 3.05) is 19.6 Å². The SMILES string of the molecule is O=C(ON1CC2CNC(C2)C1)c1ccccc1. The molecule has 0 spiro atoms. The highest BCUT2D eigenvalue weighted by Crippen LogP contribution is 2.22. The zero-order chi connectivity index (χ0) is 11.7. The lowest BCUT2D eigenvalue weighted by Gasteiger charge is -2.29.